The summed E-state index contributed by atoms with van der Waals surface area (Å²) in [6.45, 7) is 0.479. The fourth-order valence-electron chi connectivity index (χ4n) is 2.89. The molecule has 2 aliphatic rings. The van der Waals surface area contributed by atoms with Crippen molar-refractivity contribution in [2.75, 3.05) is 6.54 Å². The van der Waals surface area contributed by atoms with Gasteiger partial charge in [-0.05, 0) is 43.2 Å². The number of carbonyl (C=O) groups excluding carboxylic acids is 1. The molecule has 0 spiro atoms. The van der Waals surface area contributed by atoms with Crippen molar-refractivity contribution >= 4 is 5.91 Å². The first-order valence-corrected chi connectivity index (χ1v) is 6.84. The normalized spacial score (nSPS) is 24.2. The predicted octanol–water partition coefficient (Wildman–Crippen LogP) is 1.92. The number of aryl methyl sites for hydroxylation is 1. The Morgan fingerprint density at radius 1 is 1.39 bits per heavy atom. The van der Waals surface area contributed by atoms with E-state index in [4.69, 9.17) is 5.73 Å². The molecule has 1 aromatic carbocycles. The molecule has 18 heavy (non-hydrogen) atoms. The third kappa shape index (κ3) is 1.93. The van der Waals surface area contributed by atoms with E-state index in [2.05, 4.69) is 29.6 Å². The molecule has 0 radical (unpaired) electrons. The van der Waals surface area contributed by atoms with E-state index in [1.165, 1.54) is 11.1 Å². The van der Waals surface area contributed by atoms with Gasteiger partial charge in [0.15, 0.2) is 0 Å². The van der Waals surface area contributed by atoms with Crippen molar-refractivity contribution in [3.63, 3.8) is 0 Å². The Morgan fingerprint density at radius 3 is 2.89 bits per heavy atom. The predicted molar refractivity (Wildman–Crippen MR) is 71.0 cm³/mol. The third-order valence-corrected chi connectivity index (χ3v) is 4.40. The SMILES string of the molecule is NCC1(C(=O)NC2CCCc3ccccc32)CC1. The largest absolute Gasteiger partial charge is 0.349 e. The van der Waals surface area contributed by atoms with Crippen molar-refractivity contribution in [3.05, 3.63) is 35.4 Å². The number of rotatable bonds is 3. The molecule has 2 aliphatic carbocycles. The molecule has 1 aromatic rings. The van der Waals surface area contributed by atoms with Crippen molar-refractivity contribution in [3.8, 4) is 0 Å². The van der Waals surface area contributed by atoms with Gasteiger partial charge in [-0.3, -0.25) is 4.79 Å². The van der Waals surface area contributed by atoms with E-state index in [9.17, 15) is 4.79 Å². The average Bonchev–Trinajstić information content (AvgIpc) is 3.20. The maximum absolute atomic E-state index is 12.2. The molecule has 3 heteroatoms. The minimum absolute atomic E-state index is 0.159. The van der Waals surface area contributed by atoms with Crippen LogP contribution in [-0.4, -0.2) is 12.5 Å². The molecule has 0 heterocycles. The van der Waals surface area contributed by atoms with E-state index in [1.54, 1.807) is 0 Å². The molecular weight excluding hydrogens is 224 g/mol. The molecule has 0 aliphatic heterocycles. The van der Waals surface area contributed by atoms with Crippen molar-refractivity contribution in [2.45, 2.75) is 38.1 Å². The summed E-state index contributed by atoms with van der Waals surface area (Å²) in [4.78, 5) is 12.2. The minimum atomic E-state index is -0.244. The van der Waals surface area contributed by atoms with Gasteiger partial charge in [-0.2, -0.15) is 0 Å². The molecule has 3 rings (SSSR count). The molecule has 1 atom stereocenters. The van der Waals surface area contributed by atoms with Crippen LogP contribution in [0, 0.1) is 5.41 Å². The van der Waals surface area contributed by atoms with Gasteiger partial charge in [0.2, 0.25) is 5.91 Å². The van der Waals surface area contributed by atoms with Gasteiger partial charge in [0.25, 0.3) is 0 Å². The minimum Gasteiger partial charge on any atom is -0.349 e. The Hall–Kier alpha value is -1.35. The second-order valence-electron chi connectivity index (χ2n) is 5.60. The van der Waals surface area contributed by atoms with Crippen LogP contribution in [0.2, 0.25) is 0 Å². The highest BCUT2D eigenvalue weighted by Crippen LogP contribution is 2.45. The molecule has 1 unspecified atom stereocenters. The second-order valence-corrected chi connectivity index (χ2v) is 5.60. The Labute approximate surface area is 108 Å². The van der Waals surface area contributed by atoms with Gasteiger partial charge in [0.05, 0.1) is 11.5 Å². The van der Waals surface area contributed by atoms with Crippen LogP contribution in [-0.2, 0) is 11.2 Å². The van der Waals surface area contributed by atoms with Crippen LogP contribution < -0.4 is 11.1 Å². The molecule has 3 N–H and O–H groups in total. The number of fused-ring (bicyclic) bond motifs is 1. The van der Waals surface area contributed by atoms with E-state index in [0.717, 1.165) is 32.1 Å². The number of nitrogens with one attached hydrogen (secondary N) is 1. The Balaban J connectivity index is 1.77. The topological polar surface area (TPSA) is 55.1 Å². The van der Waals surface area contributed by atoms with Gasteiger partial charge in [-0.25, -0.2) is 0 Å². The Kier molecular flexibility index (Phi) is 2.86. The van der Waals surface area contributed by atoms with Crippen LogP contribution in [0.15, 0.2) is 24.3 Å². The van der Waals surface area contributed by atoms with E-state index >= 15 is 0 Å². The molecule has 3 nitrogen and oxygen atoms in total. The van der Waals surface area contributed by atoms with Gasteiger partial charge < -0.3 is 11.1 Å². The van der Waals surface area contributed by atoms with Gasteiger partial charge in [0.1, 0.15) is 0 Å². The highest BCUT2D eigenvalue weighted by molar-refractivity contribution is 5.86. The number of hydrogen-bond acceptors (Lipinski definition) is 2. The van der Waals surface area contributed by atoms with Crippen molar-refractivity contribution in [1.29, 1.82) is 0 Å². The van der Waals surface area contributed by atoms with Crippen molar-refractivity contribution in [1.82, 2.24) is 5.32 Å². The molecule has 0 saturated heterocycles. The molecule has 1 fully saturated rings. The zero-order valence-electron chi connectivity index (χ0n) is 10.6. The molecule has 1 amide bonds. The van der Waals surface area contributed by atoms with Crippen LogP contribution in [0.3, 0.4) is 0 Å². The van der Waals surface area contributed by atoms with Gasteiger partial charge in [-0.1, -0.05) is 24.3 Å². The first-order valence-electron chi connectivity index (χ1n) is 6.84. The molecule has 0 bridgehead atoms. The van der Waals surface area contributed by atoms with Crippen molar-refractivity contribution in [2.24, 2.45) is 11.1 Å². The number of benzene rings is 1. The monoisotopic (exact) mass is 244 g/mol. The quantitative estimate of drug-likeness (QED) is 0.853. The zero-order chi connectivity index (χ0) is 12.6. The summed E-state index contributed by atoms with van der Waals surface area (Å²) in [5.41, 5.74) is 8.14. The van der Waals surface area contributed by atoms with Gasteiger partial charge in [0, 0.05) is 6.54 Å². The van der Waals surface area contributed by atoms with Crippen LogP contribution >= 0.6 is 0 Å². The van der Waals surface area contributed by atoms with E-state index in [0.29, 0.717) is 6.54 Å². The van der Waals surface area contributed by atoms with Crippen LogP contribution in [0.1, 0.15) is 42.9 Å². The molecular formula is C15H20N2O. The summed E-state index contributed by atoms with van der Waals surface area (Å²) >= 11 is 0. The van der Waals surface area contributed by atoms with E-state index in [1.807, 2.05) is 0 Å². The number of amides is 1. The van der Waals surface area contributed by atoms with Crippen molar-refractivity contribution < 1.29 is 4.79 Å². The first-order chi connectivity index (χ1) is 8.75. The average molecular weight is 244 g/mol. The van der Waals surface area contributed by atoms with Crippen LogP contribution in [0.4, 0.5) is 0 Å². The van der Waals surface area contributed by atoms with Gasteiger partial charge in [-0.15, -0.1) is 0 Å². The number of nitrogens with two attached hydrogens (primary N) is 1. The third-order valence-electron chi connectivity index (χ3n) is 4.40. The smallest absolute Gasteiger partial charge is 0.227 e. The first kappa shape index (κ1) is 11.7. The fourth-order valence-corrected chi connectivity index (χ4v) is 2.89. The second kappa shape index (κ2) is 4.39. The Morgan fingerprint density at radius 2 is 2.17 bits per heavy atom. The maximum Gasteiger partial charge on any atom is 0.227 e. The lowest BCUT2D eigenvalue weighted by Gasteiger charge is -2.28. The summed E-state index contributed by atoms with van der Waals surface area (Å²) in [7, 11) is 0. The lowest BCUT2D eigenvalue weighted by molar-refractivity contribution is -0.126. The van der Waals surface area contributed by atoms with Crippen LogP contribution in [0.25, 0.3) is 0 Å². The highest BCUT2D eigenvalue weighted by Gasteiger charge is 2.49. The summed E-state index contributed by atoms with van der Waals surface area (Å²) in [5, 5.41) is 3.21. The fraction of sp³-hybridized carbons (Fsp3) is 0.533. The lowest BCUT2D eigenvalue weighted by Crippen LogP contribution is -2.39. The van der Waals surface area contributed by atoms with Gasteiger partial charge >= 0.3 is 0 Å². The highest BCUT2D eigenvalue weighted by atomic mass is 16.2. The van der Waals surface area contributed by atoms with Crippen LogP contribution in [0.5, 0.6) is 0 Å². The maximum atomic E-state index is 12.2. The molecule has 96 valence electrons. The number of carbonyl (C=O) groups is 1. The number of hydrogen-bond donors (Lipinski definition) is 2. The standard InChI is InChI=1S/C15H20N2O/c16-10-15(8-9-15)14(18)17-13-7-3-5-11-4-1-2-6-12(11)13/h1-2,4,6,13H,3,5,7-10,16H2,(H,17,18). The summed E-state index contributed by atoms with van der Waals surface area (Å²) in [5.74, 6) is 0.159. The molecule has 1 saturated carbocycles. The lowest BCUT2D eigenvalue weighted by atomic mass is 9.87. The summed E-state index contributed by atoms with van der Waals surface area (Å²) in [6, 6.07) is 8.63. The van der Waals surface area contributed by atoms with E-state index in [-0.39, 0.29) is 17.4 Å². The molecule has 0 aromatic heterocycles. The summed E-state index contributed by atoms with van der Waals surface area (Å²) in [6.07, 6.45) is 5.22. The van der Waals surface area contributed by atoms with E-state index < -0.39 is 0 Å². The zero-order valence-corrected chi connectivity index (χ0v) is 10.6. The Bertz CT molecular complexity index is 465. The summed E-state index contributed by atoms with van der Waals surface area (Å²) < 4.78 is 0.